The number of nitrogens with two attached hydrogens (primary N) is 1. The van der Waals surface area contributed by atoms with Gasteiger partial charge in [0.2, 0.25) is 0 Å². The van der Waals surface area contributed by atoms with Gasteiger partial charge < -0.3 is 19.8 Å². The zero-order chi connectivity index (χ0) is 20.9. The van der Waals surface area contributed by atoms with Gasteiger partial charge in [0.05, 0.1) is 6.61 Å². The molecule has 1 aromatic carbocycles. The fourth-order valence-electron chi connectivity index (χ4n) is 1.84. The normalized spacial score (nSPS) is 10.9. The number of ether oxygens (including phenoxy) is 1. The molecule has 8 nitrogen and oxygen atoms in total. The van der Waals surface area contributed by atoms with Crippen LogP contribution in [0, 0.1) is 13.8 Å². The van der Waals surface area contributed by atoms with E-state index in [9.17, 15) is 13.2 Å². The van der Waals surface area contributed by atoms with Crippen LogP contribution in [0.5, 0.6) is 0 Å². The number of carbonyl (C=O) groups excluding carboxylic acids is 1. The standard InChI is InChI=1S/C10H19NO6S.C8H11N/c1-3-5-6-11(9-16-7-4-2)18(14,15)17-10(13)8-12;1-6-4-3-5-7(2)8(6)9/h4,12H,2-3,5-9H2,1H3;3-5H,9H2,1-2H3. The Morgan fingerprint density at radius 3 is 2.37 bits per heavy atom. The molecule has 0 fully saturated rings. The van der Waals surface area contributed by atoms with Gasteiger partial charge in [-0.2, -0.15) is 8.42 Å². The SMILES string of the molecule is C=CCOCN(CCCC)S(=O)(=O)OC(=O)CO.Cc1cccc(C)c1N. The van der Waals surface area contributed by atoms with Crippen LogP contribution < -0.4 is 5.73 Å². The minimum Gasteiger partial charge on any atom is -0.398 e. The van der Waals surface area contributed by atoms with Crippen LogP contribution in [0.4, 0.5) is 5.69 Å². The Kier molecular flexibility index (Phi) is 12.3. The smallest absolute Gasteiger partial charge is 0.389 e. The summed E-state index contributed by atoms with van der Waals surface area (Å²) in [4.78, 5) is 10.8. The van der Waals surface area contributed by atoms with Crippen LogP contribution in [-0.4, -0.2) is 50.3 Å². The second kappa shape index (κ2) is 13.3. The molecule has 0 radical (unpaired) electrons. The van der Waals surface area contributed by atoms with E-state index in [4.69, 9.17) is 15.6 Å². The molecular formula is C18H30N2O6S. The average Bonchev–Trinajstić information content (AvgIpc) is 2.62. The number of rotatable bonds is 10. The van der Waals surface area contributed by atoms with Gasteiger partial charge in [-0.25, -0.2) is 4.79 Å². The molecule has 0 aliphatic rings. The van der Waals surface area contributed by atoms with Crippen molar-refractivity contribution in [3.05, 3.63) is 42.0 Å². The highest BCUT2D eigenvalue weighted by Gasteiger charge is 2.26. The number of para-hydroxylation sites is 1. The van der Waals surface area contributed by atoms with Gasteiger partial charge in [0.1, 0.15) is 13.3 Å². The zero-order valence-corrected chi connectivity index (χ0v) is 17.0. The molecule has 1 aromatic rings. The number of nitrogen functional groups attached to an aromatic ring is 1. The van der Waals surface area contributed by atoms with E-state index in [1.54, 1.807) is 0 Å². The van der Waals surface area contributed by atoms with Crippen LogP contribution in [-0.2, 0) is 24.0 Å². The molecular weight excluding hydrogens is 372 g/mol. The summed E-state index contributed by atoms with van der Waals surface area (Å²) >= 11 is 0. The first-order valence-electron chi connectivity index (χ1n) is 8.53. The quantitative estimate of drug-likeness (QED) is 0.265. The number of unbranched alkanes of at least 4 members (excludes halogenated alkanes) is 1. The summed E-state index contributed by atoms with van der Waals surface area (Å²) in [5, 5.41) is 8.47. The molecule has 0 spiro atoms. The van der Waals surface area contributed by atoms with Crippen molar-refractivity contribution in [2.24, 2.45) is 0 Å². The molecule has 0 amide bonds. The number of benzene rings is 1. The van der Waals surface area contributed by atoms with Gasteiger partial charge >= 0.3 is 16.3 Å². The number of hydrogen-bond acceptors (Lipinski definition) is 7. The Labute approximate surface area is 161 Å². The summed E-state index contributed by atoms with van der Waals surface area (Å²) in [6.07, 6.45) is 2.86. The first kappa shape index (κ1) is 25.1. The van der Waals surface area contributed by atoms with Crippen LogP contribution in [0.15, 0.2) is 30.9 Å². The number of hydrogen-bond donors (Lipinski definition) is 2. The number of aliphatic hydroxyl groups excluding tert-OH is 1. The molecule has 0 saturated carbocycles. The Bertz CT molecular complexity index is 671. The van der Waals surface area contributed by atoms with Crippen LogP contribution in [0.2, 0.25) is 0 Å². The van der Waals surface area contributed by atoms with E-state index < -0.39 is 22.9 Å². The molecule has 0 saturated heterocycles. The van der Waals surface area contributed by atoms with E-state index in [0.717, 1.165) is 27.5 Å². The Hall–Kier alpha value is -1.94. The third kappa shape index (κ3) is 10.1. The molecule has 3 N–H and O–H groups in total. The lowest BCUT2D eigenvalue weighted by molar-refractivity contribution is -0.137. The average molecular weight is 403 g/mol. The van der Waals surface area contributed by atoms with E-state index in [1.807, 2.05) is 39.0 Å². The highest BCUT2D eigenvalue weighted by atomic mass is 32.2. The highest BCUT2D eigenvalue weighted by Crippen LogP contribution is 2.13. The van der Waals surface area contributed by atoms with E-state index >= 15 is 0 Å². The van der Waals surface area contributed by atoms with Crippen molar-refractivity contribution in [2.75, 3.05) is 32.2 Å². The number of aliphatic hydroxyl groups is 1. The molecule has 154 valence electrons. The van der Waals surface area contributed by atoms with Crippen molar-refractivity contribution in [2.45, 2.75) is 33.6 Å². The predicted molar refractivity (Wildman–Crippen MR) is 105 cm³/mol. The first-order chi connectivity index (χ1) is 12.7. The van der Waals surface area contributed by atoms with Crippen LogP contribution >= 0.6 is 0 Å². The predicted octanol–water partition coefficient (Wildman–Crippen LogP) is 1.91. The molecule has 0 bridgehead atoms. The lowest BCUT2D eigenvalue weighted by Crippen LogP contribution is -2.37. The van der Waals surface area contributed by atoms with Crippen molar-refractivity contribution in [1.82, 2.24) is 4.31 Å². The fourth-order valence-corrected chi connectivity index (χ4v) is 2.79. The second-order valence-electron chi connectivity index (χ2n) is 5.69. The van der Waals surface area contributed by atoms with Gasteiger partial charge in [-0.05, 0) is 31.4 Å². The van der Waals surface area contributed by atoms with Crippen molar-refractivity contribution in [3.63, 3.8) is 0 Å². The number of carbonyl (C=O) groups is 1. The van der Waals surface area contributed by atoms with Crippen molar-refractivity contribution < 1.29 is 27.2 Å². The molecule has 0 aromatic heterocycles. The van der Waals surface area contributed by atoms with Gasteiger partial charge in [0, 0.05) is 12.2 Å². The number of anilines is 1. The molecule has 27 heavy (non-hydrogen) atoms. The Morgan fingerprint density at radius 1 is 1.33 bits per heavy atom. The molecule has 0 atom stereocenters. The monoisotopic (exact) mass is 402 g/mol. The van der Waals surface area contributed by atoms with Crippen molar-refractivity contribution in [3.8, 4) is 0 Å². The van der Waals surface area contributed by atoms with Crippen LogP contribution in [0.25, 0.3) is 0 Å². The maximum atomic E-state index is 11.7. The van der Waals surface area contributed by atoms with Crippen molar-refractivity contribution >= 4 is 22.0 Å². The Balaban J connectivity index is 0.000000621. The number of aryl methyl sites for hydroxylation is 2. The fraction of sp³-hybridized carbons (Fsp3) is 0.500. The lowest BCUT2D eigenvalue weighted by atomic mass is 10.1. The summed E-state index contributed by atoms with van der Waals surface area (Å²) < 4.78 is 33.4. The van der Waals surface area contributed by atoms with Crippen LogP contribution in [0.1, 0.15) is 30.9 Å². The van der Waals surface area contributed by atoms with E-state index in [1.165, 1.54) is 6.08 Å². The third-order valence-corrected chi connectivity index (χ3v) is 4.73. The highest BCUT2D eigenvalue weighted by molar-refractivity contribution is 7.84. The minimum absolute atomic E-state index is 0.175. The molecule has 0 aliphatic heterocycles. The molecule has 0 unspecified atom stereocenters. The minimum atomic E-state index is -4.22. The first-order valence-corrected chi connectivity index (χ1v) is 9.89. The van der Waals surface area contributed by atoms with Gasteiger partial charge in [0.15, 0.2) is 0 Å². The lowest BCUT2D eigenvalue weighted by Gasteiger charge is -2.20. The molecule has 0 aliphatic carbocycles. The van der Waals surface area contributed by atoms with Gasteiger partial charge in [-0.1, -0.05) is 37.6 Å². The third-order valence-electron chi connectivity index (χ3n) is 3.42. The van der Waals surface area contributed by atoms with Gasteiger partial charge in [0.25, 0.3) is 0 Å². The largest absolute Gasteiger partial charge is 0.398 e. The number of nitrogens with zero attached hydrogens (tertiary/aromatic N) is 1. The molecule has 1 rings (SSSR count). The maximum absolute atomic E-state index is 11.7. The molecule has 9 heteroatoms. The maximum Gasteiger partial charge on any atom is 0.389 e. The van der Waals surface area contributed by atoms with Gasteiger partial charge in [-0.3, -0.25) is 0 Å². The summed E-state index contributed by atoms with van der Waals surface area (Å²) in [6, 6.07) is 6.05. The summed E-state index contributed by atoms with van der Waals surface area (Å²) in [7, 11) is -4.22. The second-order valence-corrected chi connectivity index (χ2v) is 7.23. The van der Waals surface area contributed by atoms with Gasteiger partial charge in [-0.15, -0.1) is 10.9 Å². The Morgan fingerprint density at radius 2 is 1.93 bits per heavy atom. The topological polar surface area (TPSA) is 119 Å². The van der Waals surface area contributed by atoms with Crippen molar-refractivity contribution in [1.29, 1.82) is 0 Å². The summed E-state index contributed by atoms with van der Waals surface area (Å²) in [6.45, 7) is 8.50. The van der Waals surface area contributed by atoms with E-state index in [-0.39, 0.29) is 19.9 Å². The van der Waals surface area contributed by atoms with E-state index in [0.29, 0.717) is 6.42 Å². The molecule has 0 heterocycles. The zero-order valence-electron chi connectivity index (χ0n) is 16.2. The summed E-state index contributed by atoms with van der Waals surface area (Å²) in [5.41, 5.74) is 8.92. The van der Waals surface area contributed by atoms with Crippen LogP contribution in [0.3, 0.4) is 0 Å². The van der Waals surface area contributed by atoms with E-state index in [2.05, 4.69) is 10.8 Å². The summed E-state index contributed by atoms with van der Waals surface area (Å²) in [5.74, 6) is -1.22.